The molecule has 17 heavy (non-hydrogen) atoms. The van der Waals surface area contributed by atoms with Crippen molar-refractivity contribution in [1.82, 2.24) is 15.4 Å². The summed E-state index contributed by atoms with van der Waals surface area (Å²) in [7, 11) is 0. The van der Waals surface area contributed by atoms with Crippen LogP contribution in [0.4, 0.5) is 0 Å². The fraction of sp³-hybridized carbons (Fsp3) is 0. The second-order valence-electron chi connectivity index (χ2n) is 2.96. The van der Waals surface area contributed by atoms with Crippen LogP contribution in [-0.2, 0) is 0 Å². The van der Waals surface area contributed by atoms with Crippen molar-refractivity contribution in [2.24, 2.45) is 5.10 Å². The fourth-order valence-corrected chi connectivity index (χ4v) is 2.33. The molecule has 2 aromatic rings. The fourth-order valence-electron chi connectivity index (χ4n) is 1.02. The molecule has 7 heteroatoms. The Morgan fingerprint density at radius 1 is 1.53 bits per heavy atom. The lowest BCUT2D eigenvalue weighted by atomic mass is 10.4. The molecule has 86 valence electrons. The average molecular weight is 311 g/mol. The molecule has 2 aromatic heterocycles. The quantitative estimate of drug-likeness (QED) is 0.697. The van der Waals surface area contributed by atoms with Gasteiger partial charge in [-0.25, -0.2) is 10.4 Å². The highest BCUT2D eigenvalue weighted by Gasteiger charge is 2.04. The molecule has 0 radical (unpaired) electrons. The lowest BCUT2D eigenvalue weighted by molar-refractivity contribution is 0.0950. The Hall–Kier alpha value is -1.60. The van der Waals surface area contributed by atoms with Crippen molar-refractivity contribution in [1.29, 1.82) is 0 Å². The second-order valence-corrected chi connectivity index (χ2v) is 4.82. The lowest BCUT2D eigenvalue weighted by Crippen LogP contribution is -2.18. The number of rotatable bonds is 3. The summed E-state index contributed by atoms with van der Waals surface area (Å²) in [4.78, 5) is 20.1. The molecular weight excluding hydrogens is 304 g/mol. The minimum absolute atomic E-state index is 0.233. The molecule has 1 amide bonds. The number of halogens is 1. The van der Waals surface area contributed by atoms with Crippen LogP contribution in [0.5, 0.6) is 0 Å². The van der Waals surface area contributed by atoms with Crippen molar-refractivity contribution in [2.45, 2.75) is 0 Å². The molecule has 1 N–H and O–H groups in total. The van der Waals surface area contributed by atoms with E-state index in [-0.39, 0.29) is 11.6 Å². The largest absolute Gasteiger partial charge is 0.291 e. The normalized spacial score (nSPS) is 10.6. The van der Waals surface area contributed by atoms with Gasteiger partial charge in [-0.2, -0.15) is 5.10 Å². The highest BCUT2D eigenvalue weighted by molar-refractivity contribution is 9.10. The van der Waals surface area contributed by atoms with E-state index >= 15 is 0 Å². The van der Waals surface area contributed by atoms with E-state index in [2.05, 4.69) is 36.4 Å². The number of amides is 1. The SMILES string of the molecule is O=C(N/N=C/c1cc(Br)cs1)c1cnccn1. The summed E-state index contributed by atoms with van der Waals surface area (Å²) >= 11 is 4.85. The van der Waals surface area contributed by atoms with Gasteiger partial charge in [0, 0.05) is 27.1 Å². The van der Waals surface area contributed by atoms with Gasteiger partial charge in [-0.1, -0.05) is 0 Å². The zero-order valence-electron chi connectivity index (χ0n) is 8.50. The Labute approximate surface area is 110 Å². The van der Waals surface area contributed by atoms with Gasteiger partial charge in [0.1, 0.15) is 5.69 Å². The number of carbonyl (C=O) groups excluding carboxylic acids is 1. The molecule has 0 saturated heterocycles. The monoisotopic (exact) mass is 310 g/mol. The zero-order valence-corrected chi connectivity index (χ0v) is 10.9. The lowest BCUT2D eigenvalue weighted by Gasteiger charge is -1.96. The number of hydrogen-bond donors (Lipinski definition) is 1. The van der Waals surface area contributed by atoms with Gasteiger partial charge in [0.25, 0.3) is 5.91 Å². The first-order valence-electron chi connectivity index (χ1n) is 4.59. The van der Waals surface area contributed by atoms with Crippen LogP contribution in [0.1, 0.15) is 15.4 Å². The minimum Gasteiger partial charge on any atom is -0.265 e. The summed E-state index contributed by atoms with van der Waals surface area (Å²) in [6.45, 7) is 0. The first-order chi connectivity index (χ1) is 8.25. The Bertz CT molecular complexity index is 540. The number of aromatic nitrogens is 2. The van der Waals surface area contributed by atoms with Gasteiger partial charge < -0.3 is 0 Å². The van der Waals surface area contributed by atoms with E-state index in [9.17, 15) is 4.79 Å². The van der Waals surface area contributed by atoms with E-state index in [4.69, 9.17) is 0 Å². The van der Waals surface area contributed by atoms with Crippen molar-refractivity contribution in [3.05, 3.63) is 45.1 Å². The third kappa shape index (κ3) is 3.43. The summed E-state index contributed by atoms with van der Waals surface area (Å²) in [6, 6.07) is 1.91. The van der Waals surface area contributed by atoms with Crippen LogP contribution in [-0.4, -0.2) is 22.1 Å². The van der Waals surface area contributed by atoms with Gasteiger partial charge in [-0.05, 0) is 22.0 Å². The minimum atomic E-state index is -0.384. The Morgan fingerprint density at radius 3 is 3.06 bits per heavy atom. The highest BCUT2D eigenvalue weighted by atomic mass is 79.9. The summed E-state index contributed by atoms with van der Waals surface area (Å²) in [5.41, 5.74) is 2.61. The molecule has 0 aliphatic rings. The molecule has 0 unspecified atom stereocenters. The van der Waals surface area contributed by atoms with Crippen molar-refractivity contribution in [3.8, 4) is 0 Å². The molecule has 2 rings (SSSR count). The van der Waals surface area contributed by atoms with Crippen molar-refractivity contribution in [3.63, 3.8) is 0 Å². The van der Waals surface area contributed by atoms with Gasteiger partial charge in [0.2, 0.25) is 0 Å². The summed E-state index contributed by atoms with van der Waals surface area (Å²) < 4.78 is 0.990. The number of hydrogen-bond acceptors (Lipinski definition) is 5. The first kappa shape index (κ1) is 11.9. The molecule has 2 heterocycles. The van der Waals surface area contributed by atoms with Crippen LogP contribution in [0.3, 0.4) is 0 Å². The van der Waals surface area contributed by atoms with Crippen LogP contribution in [0, 0.1) is 0 Å². The van der Waals surface area contributed by atoms with Crippen LogP contribution in [0.15, 0.2) is 39.6 Å². The molecule has 0 atom stereocenters. The molecule has 5 nitrogen and oxygen atoms in total. The smallest absolute Gasteiger partial charge is 0.265 e. The van der Waals surface area contributed by atoms with Crippen molar-refractivity contribution < 1.29 is 4.79 Å². The van der Waals surface area contributed by atoms with E-state index in [0.29, 0.717) is 0 Å². The third-order valence-corrected chi connectivity index (χ3v) is 3.37. The summed E-state index contributed by atoms with van der Waals surface area (Å²) in [5, 5.41) is 5.76. The molecule has 0 bridgehead atoms. The maximum absolute atomic E-state index is 11.5. The Balaban J connectivity index is 1.95. The maximum atomic E-state index is 11.5. The van der Waals surface area contributed by atoms with Gasteiger partial charge in [-0.3, -0.25) is 9.78 Å². The van der Waals surface area contributed by atoms with Crippen molar-refractivity contribution >= 4 is 39.4 Å². The van der Waals surface area contributed by atoms with Gasteiger partial charge in [0.15, 0.2) is 0 Å². The Kier molecular flexibility index (Phi) is 3.94. The first-order valence-corrected chi connectivity index (χ1v) is 6.26. The molecule has 0 saturated carbocycles. The van der Waals surface area contributed by atoms with Crippen molar-refractivity contribution in [2.75, 3.05) is 0 Å². The number of nitrogens with one attached hydrogen (secondary N) is 1. The molecule has 0 aliphatic heterocycles. The van der Waals surface area contributed by atoms with E-state index in [1.165, 1.54) is 29.9 Å². The molecule has 0 aliphatic carbocycles. The third-order valence-electron chi connectivity index (χ3n) is 1.74. The Morgan fingerprint density at radius 2 is 2.41 bits per heavy atom. The molecule has 0 spiro atoms. The number of carbonyl (C=O) groups is 1. The van der Waals surface area contributed by atoms with E-state index in [1.54, 1.807) is 6.21 Å². The standard InChI is InChI=1S/C10H7BrN4OS/c11-7-3-8(17-6-7)4-14-15-10(16)9-5-12-1-2-13-9/h1-6H,(H,15,16)/b14-4+. The van der Waals surface area contributed by atoms with Crippen LogP contribution < -0.4 is 5.43 Å². The molecular formula is C10H7BrN4OS. The zero-order chi connectivity index (χ0) is 12.1. The maximum Gasteiger partial charge on any atom is 0.291 e. The topological polar surface area (TPSA) is 67.2 Å². The summed E-state index contributed by atoms with van der Waals surface area (Å²) in [5.74, 6) is -0.384. The predicted molar refractivity (Wildman–Crippen MR) is 69.1 cm³/mol. The number of thiophene rings is 1. The molecule has 0 fully saturated rings. The van der Waals surface area contributed by atoms with Gasteiger partial charge >= 0.3 is 0 Å². The number of hydrazone groups is 1. The average Bonchev–Trinajstić information content (AvgIpc) is 2.76. The van der Waals surface area contributed by atoms with E-state index in [0.717, 1.165) is 9.35 Å². The van der Waals surface area contributed by atoms with Crippen LogP contribution in [0.25, 0.3) is 0 Å². The van der Waals surface area contributed by atoms with Crippen LogP contribution in [0.2, 0.25) is 0 Å². The number of nitrogens with zero attached hydrogens (tertiary/aromatic N) is 3. The van der Waals surface area contributed by atoms with Gasteiger partial charge in [-0.15, -0.1) is 11.3 Å². The van der Waals surface area contributed by atoms with E-state index in [1.807, 2.05) is 11.4 Å². The summed E-state index contributed by atoms with van der Waals surface area (Å²) in [6.07, 6.45) is 5.91. The predicted octanol–water partition coefficient (Wildman–Crippen LogP) is 2.06. The molecule has 0 aromatic carbocycles. The van der Waals surface area contributed by atoms with Gasteiger partial charge in [0.05, 0.1) is 12.4 Å². The van der Waals surface area contributed by atoms with E-state index < -0.39 is 0 Å². The van der Waals surface area contributed by atoms with Crippen LogP contribution >= 0.6 is 27.3 Å². The second kappa shape index (κ2) is 5.65. The highest BCUT2D eigenvalue weighted by Crippen LogP contribution is 2.17.